The van der Waals surface area contributed by atoms with E-state index in [0.29, 0.717) is 19.5 Å². The molecule has 0 radical (unpaired) electrons. The summed E-state index contributed by atoms with van der Waals surface area (Å²) in [4.78, 5) is 40.6. The average Bonchev–Trinajstić information content (AvgIpc) is 3.48. The van der Waals surface area contributed by atoms with Crippen molar-refractivity contribution in [3.8, 4) is 0 Å². The third-order valence-corrected chi connectivity index (χ3v) is 4.76. The van der Waals surface area contributed by atoms with Crippen LogP contribution < -0.4 is 10.6 Å². The number of nitrogens with one attached hydrogen (secondary N) is 2. The van der Waals surface area contributed by atoms with E-state index in [1.165, 1.54) is 4.90 Å². The molecule has 0 aliphatic carbocycles. The zero-order valence-corrected chi connectivity index (χ0v) is 16.9. The zero-order valence-electron chi connectivity index (χ0n) is 16.1. The Kier molecular flexibility index (Phi) is 7.79. The van der Waals surface area contributed by atoms with Gasteiger partial charge in [0.05, 0.1) is 0 Å². The molecule has 0 aromatic heterocycles. The van der Waals surface area contributed by atoms with Gasteiger partial charge in [0.25, 0.3) is 11.8 Å². The summed E-state index contributed by atoms with van der Waals surface area (Å²) in [7, 11) is 3.30. The lowest BCUT2D eigenvalue weighted by Crippen LogP contribution is -2.50. The molecule has 154 valence electrons. The van der Waals surface area contributed by atoms with Gasteiger partial charge >= 0.3 is 0 Å². The number of epoxide rings is 1. The van der Waals surface area contributed by atoms with Crippen LogP contribution in [0.5, 0.6) is 0 Å². The van der Waals surface area contributed by atoms with Crippen LogP contribution in [0.3, 0.4) is 0 Å². The summed E-state index contributed by atoms with van der Waals surface area (Å²) in [5, 5.41) is 5.94. The minimum Gasteiger partial charge on any atom is -0.349 e. The molecule has 2 fully saturated rings. The van der Waals surface area contributed by atoms with E-state index >= 15 is 0 Å². The first kappa shape index (κ1) is 22.1. The molecule has 28 heavy (non-hydrogen) atoms. The Morgan fingerprint density at radius 3 is 2.43 bits per heavy atom. The Bertz CT molecular complexity index is 694. The fraction of sp³-hybridized carbons (Fsp3) is 0.526. The molecule has 2 N–H and O–H groups in total. The monoisotopic (exact) mass is 410 g/mol. The van der Waals surface area contributed by atoms with E-state index in [1.54, 1.807) is 19.0 Å². The van der Waals surface area contributed by atoms with Crippen molar-refractivity contribution in [2.24, 2.45) is 0 Å². The van der Waals surface area contributed by atoms with Crippen LogP contribution in [-0.4, -0.2) is 86.0 Å². The third-order valence-electron chi connectivity index (χ3n) is 4.76. The highest BCUT2D eigenvalue weighted by molar-refractivity contribution is 5.97. The Morgan fingerprint density at radius 1 is 1.18 bits per heavy atom. The molecule has 1 aromatic rings. The van der Waals surface area contributed by atoms with Gasteiger partial charge in [0.2, 0.25) is 5.91 Å². The van der Waals surface area contributed by atoms with E-state index in [-0.39, 0.29) is 24.2 Å². The number of rotatable bonds is 6. The van der Waals surface area contributed by atoms with Crippen LogP contribution in [0.4, 0.5) is 0 Å². The minimum atomic E-state index is -0.819. The topological polar surface area (TPSA) is 94.3 Å². The smallest absolute Gasteiger partial charge is 0.255 e. The van der Waals surface area contributed by atoms with Gasteiger partial charge in [0.1, 0.15) is 6.04 Å². The number of amides is 3. The molecular formula is C19H27ClN4O4. The molecule has 2 saturated heterocycles. The summed E-state index contributed by atoms with van der Waals surface area (Å²) in [5.74, 6) is -0.771. The van der Waals surface area contributed by atoms with E-state index < -0.39 is 24.2 Å². The second kappa shape index (κ2) is 9.86. The molecule has 3 atom stereocenters. The van der Waals surface area contributed by atoms with Crippen molar-refractivity contribution >= 4 is 30.1 Å². The minimum absolute atomic E-state index is 0. The first-order valence-corrected chi connectivity index (χ1v) is 9.18. The summed E-state index contributed by atoms with van der Waals surface area (Å²) in [6.07, 6.45) is -1.18. The van der Waals surface area contributed by atoms with Crippen LogP contribution in [0, 0.1) is 0 Å². The second-order valence-corrected chi connectivity index (χ2v) is 7.04. The number of likely N-dealkylation sites (N-methyl/N-ethyl adjacent to an activating group) is 1. The fourth-order valence-corrected chi connectivity index (χ4v) is 3.18. The summed E-state index contributed by atoms with van der Waals surface area (Å²) in [5.41, 5.74) is 0.947. The molecule has 2 aliphatic rings. The van der Waals surface area contributed by atoms with E-state index in [0.717, 1.165) is 18.7 Å². The molecule has 0 spiro atoms. The maximum atomic E-state index is 12.5. The van der Waals surface area contributed by atoms with E-state index in [9.17, 15) is 14.4 Å². The quantitative estimate of drug-likeness (QED) is 0.612. The SMILES string of the molecule is CN(C)C(=O)[C@H](Cc1ccccc1)NC(=O)C1OC1C(=O)N1CCNCC1.Cl. The van der Waals surface area contributed by atoms with Gasteiger partial charge in [-0.2, -0.15) is 0 Å². The maximum absolute atomic E-state index is 12.5. The Balaban J connectivity index is 0.00000280. The molecule has 9 heteroatoms. The maximum Gasteiger partial charge on any atom is 0.255 e. The van der Waals surface area contributed by atoms with Gasteiger partial charge in [-0.25, -0.2) is 0 Å². The predicted octanol–water partition coefficient (Wildman–Crippen LogP) is -0.577. The zero-order chi connectivity index (χ0) is 19.4. The van der Waals surface area contributed by atoms with Crippen molar-refractivity contribution in [1.29, 1.82) is 0 Å². The first-order valence-electron chi connectivity index (χ1n) is 9.18. The van der Waals surface area contributed by atoms with Gasteiger partial charge in [-0.05, 0) is 5.56 Å². The van der Waals surface area contributed by atoms with Crippen LogP contribution in [0.15, 0.2) is 30.3 Å². The lowest BCUT2D eigenvalue weighted by molar-refractivity contribution is -0.134. The number of carbonyl (C=O) groups excluding carboxylic acids is 3. The van der Waals surface area contributed by atoms with Gasteiger partial charge in [-0.1, -0.05) is 30.3 Å². The molecule has 2 aliphatic heterocycles. The second-order valence-electron chi connectivity index (χ2n) is 7.04. The normalized spacial score (nSPS) is 21.9. The Hall–Kier alpha value is -2.16. The standard InChI is InChI=1S/C19H26N4O4.ClH/c1-22(2)18(25)14(12-13-6-4-3-5-7-13)21-17(24)15-16(27-15)19(26)23-10-8-20-9-11-23;/h3-7,14-16,20H,8-12H2,1-2H3,(H,21,24);1H/t14-,15?,16?;/m0./s1. The van der Waals surface area contributed by atoms with E-state index in [2.05, 4.69) is 10.6 Å². The number of halogens is 1. The van der Waals surface area contributed by atoms with Crippen molar-refractivity contribution in [2.45, 2.75) is 24.7 Å². The predicted molar refractivity (Wildman–Crippen MR) is 106 cm³/mol. The van der Waals surface area contributed by atoms with Crippen molar-refractivity contribution < 1.29 is 19.1 Å². The van der Waals surface area contributed by atoms with Gasteiger partial charge in [-0.15, -0.1) is 12.4 Å². The number of hydrogen-bond acceptors (Lipinski definition) is 5. The van der Waals surface area contributed by atoms with Crippen molar-refractivity contribution in [2.75, 3.05) is 40.3 Å². The van der Waals surface area contributed by atoms with Gasteiger partial charge in [0.15, 0.2) is 12.2 Å². The van der Waals surface area contributed by atoms with Crippen LogP contribution in [0.2, 0.25) is 0 Å². The summed E-state index contributed by atoms with van der Waals surface area (Å²) in [6.45, 7) is 2.71. The number of piperazine rings is 1. The molecule has 2 unspecified atom stereocenters. The molecule has 0 saturated carbocycles. The highest BCUT2D eigenvalue weighted by Crippen LogP contribution is 2.25. The first-order chi connectivity index (χ1) is 13.0. The lowest BCUT2D eigenvalue weighted by Gasteiger charge is -2.26. The highest BCUT2D eigenvalue weighted by Gasteiger charge is 2.52. The largest absolute Gasteiger partial charge is 0.349 e. The molecule has 3 rings (SSSR count). The van der Waals surface area contributed by atoms with Crippen LogP contribution in [-0.2, 0) is 25.5 Å². The van der Waals surface area contributed by atoms with E-state index in [1.807, 2.05) is 30.3 Å². The summed E-state index contributed by atoms with van der Waals surface area (Å²) in [6, 6.07) is 8.80. The third kappa shape index (κ3) is 5.43. The number of hydrogen-bond donors (Lipinski definition) is 2. The molecule has 2 heterocycles. The van der Waals surface area contributed by atoms with Crippen molar-refractivity contribution in [3.05, 3.63) is 35.9 Å². The van der Waals surface area contributed by atoms with Crippen LogP contribution in [0.1, 0.15) is 5.56 Å². The van der Waals surface area contributed by atoms with E-state index in [4.69, 9.17) is 4.74 Å². The molecule has 1 aromatic carbocycles. The molecular weight excluding hydrogens is 384 g/mol. The Morgan fingerprint density at radius 2 is 1.82 bits per heavy atom. The van der Waals surface area contributed by atoms with Crippen molar-refractivity contribution in [1.82, 2.24) is 20.4 Å². The number of ether oxygens (including phenoxy) is 1. The van der Waals surface area contributed by atoms with Crippen LogP contribution >= 0.6 is 12.4 Å². The number of benzene rings is 1. The van der Waals surface area contributed by atoms with Crippen molar-refractivity contribution in [3.63, 3.8) is 0 Å². The summed E-state index contributed by atoms with van der Waals surface area (Å²) < 4.78 is 5.34. The fourth-order valence-electron chi connectivity index (χ4n) is 3.18. The molecule has 0 bridgehead atoms. The number of carbonyl (C=O) groups is 3. The molecule has 3 amide bonds. The van der Waals surface area contributed by atoms with Gasteiger partial charge in [-0.3, -0.25) is 14.4 Å². The summed E-state index contributed by atoms with van der Waals surface area (Å²) >= 11 is 0. The highest BCUT2D eigenvalue weighted by atomic mass is 35.5. The average molecular weight is 411 g/mol. The van der Waals surface area contributed by atoms with Crippen LogP contribution in [0.25, 0.3) is 0 Å². The van der Waals surface area contributed by atoms with Gasteiger partial charge in [0, 0.05) is 46.7 Å². The number of nitrogens with zero attached hydrogens (tertiary/aromatic N) is 2. The van der Waals surface area contributed by atoms with Gasteiger partial charge < -0.3 is 25.2 Å². The molecule has 8 nitrogen and oxygen atoms in total. The lowest BCUT2D eigenvalue weighted by atomic mass is 10.0. The Labute approximate surface area is 171 Å².